The second kappa shape index (κ2) is 7.26. The van der Waals surface area contributed by atoms with Gasteiger partial charge in [0.2, 0.25) is 0 Å². The average Bonchev–Trinajstić information content (AvgIpc) is 3.09. The van der Waals surface area contributed by atoms with Gasteiger partial charge in [0.15, 0.2) is 11.5 Å². The Balaban J connectivity index is 1.98. The molecule has 26 heavy (non-hydrogen) atoms. The van der Waals surface area contributed by atoms with Crippen LogP contribution in [0.25, 0.3) is 10.9 Å². The van der Waals surface area contributed by atoms with Gasteiger partial charge in [-0.15, -0.1) is 0 Å². The molecule has 3 aromatic rings. The van der Waals surface area contributed by atoms with Crippen LogP contribution in [0.15, 0.2) is 36.5 Å². The van der Waals surface area contributed by atoms with Gasteiger partial charge in [0.05, 0.1) is 45.2 Å². The highest BCUT2D eigenvalue weighted by molar-refractivity contribution is 6.13. The van der Waals surface area contributed by atoms with Crippen LogP contribution in [0, 0.1) is 0 Å². The van der Waals surface area contributed by atoms with Gasteiger partial charge in [0, 0.05) is 23.7 Å². The SMILES string of the molecule is COc1ccc(OC)c(NC(=O)c2c[nH]c3cc(OC)c(OC)cc23)c1. The number of hydrogen-bond acceptors (Lipinski definition) is 5. The average molecular weight is 356 g/mol. The molecule has 0 atom stereocenters. The molecule has 136 valence electrons. The number of benzene rings is 2. The Bertz CT molecular complexity index is 948. The Kier molecular flexibility index (Phi) is 4.88. The number of aromatic amines is 1. The third-order valence-corrected chi connectivity index (χ3v) is 4.09. The minimum atomic E-state index is -0.282. The molecule has 3 rings (SSSR count). The zero-order chi connectivity index (χ0) is 18.7. The number of carbonyl (C=O) groups is 1. The second-order valence-electron chi connectivity index (χ2n) is 5.48. The molecule has 7 heteroatoms. The van der Waals surface area contributed by atoms with Crippen molar-refractivity contribution < 1.29 is 23.7 Å². The van der Waals surface area contributed by atoms with E-state index in [9.17, 15) is 4.79 Å². The van der Waals surface area contributed by atoms with Crippen LogP contribution in [0.4, 0.5) is 5.69 Å². The fourth-order valence-corrected chi connectivity index (χ4v) is 2.74. The van der Waals surface area contributed by atoms with Crippen LogP contribution in [0.2, 0.25) is 0 Å². The van der Waals surface area contributed by atoms with Crippen LogP contribution in [-0.4, -0.2) is 39.3 Å². The van der Waals surface area contributed by atoms with Crippen LogP contribution in [-0.2, 0) is 0 Å². The maximum atomic E-state index is 12.8. The van der Waals surface area contributed by atoms with E-state index in [1.807, 2.05) is 0 Å². The van der Waals surface area contributed by atoms with E-state index < -0.39 is 0 Å². The molecule has 2 aromatic carbocycles. The van der Waals surface area contributed by atoms with Crippen molar-refractivity contribution in [2.24, 2.45) is 0 Å². The molecule has 1 aromatic heterocycles. The predicted molar refractivity (Wildman–Crippen MR) is 98.9 cm³/mol. The summed E-state index contributed by atoms with van der Waals surface area (Å²) in [6, 6.07) is 8.75. The van der Waals surface area contributed by atoms with E-state index in [1.54, 1.807) is 65.0 Å². The molecule has 0 spiro atoms. The number of carbonyl (C=O) groups excluding carboxylic acids is 1. The number of H-pyrrole nitrogens is 1. The molecule has 0 unspecified atom stereocenters. The Morgan fingerprint density at radius 1 is 0.885 bits per heavy atom. The molecular weight excluding hydrogens is 336 g/mol. The van der Waals surface area contributed by atoms with E-state index >= 15 is 0 Å². The van der Waals surface area contributed by atoms with Crippen LogP contribution in [0.5, 0.6) is 23.0 Å². The third-order valence-electron chi connectivity index (χ3n) is 4.09. The summed E-state index contributed by atoms with van der Waals surface area (Å²) in [6.45, 7) is 0. The Morgan fingerprint density at radius 2 is 1.58 bits per heavy atom. The molecular formula is C19H20N2O5. The molecule has 0 bridgehead atoms. The molecule has 0 radical (unpaired) electrons. The highest BCUT2D eigenvalue weighted by Crippen LogP contribution is 2.34. The van der Waals surface area contributed by atoms with Crippen molar-refractivity contribution in [1.29, 1.82) is 0 Å². The van der Waals surface area contributed by atoms with E-state index in [1.165, 1.54) is 0 Å². The van der Waals surface area contributed by atoms with Crippen LogP contribution in [0.3, 0.4) is 0 Å². The molecule has 7 nitrogen and oxygen atoms in total. The number of aromatic nitrogens is 1. The minimum Gasteiger partial charge on any atom is -0.497 e. The monoisotopic (exact) mass is 356 g/mol. The lowest BCUT2D eigenvalue weighted by Crippen LogP contribution is -2.12. The van der Waals surface area contributed by atoms with Gasteiger partial charge in [0.1, 0.15) is 11.5 Å². The van der Waals surface area contributed by atoms with E-state index in [2.05, 4.69) is 10.3 Å². The van der Waals surface area contributed by atoms with Crippen LogP contribution in [0.1, 0.15) is 10.4 Å². The number of rotatable bonds is 6. The Labute approximate surface area is 150 Å². The fraction of sp³-hybridized carbons (Fsp3) is 0.211. The lowest BCUT2D eigenvalue weighted by molar-refractivity contribution is 0.102. The van der Waals surface area contributed by atoms with Gasteiger partial charge in [-0.3, -0.25) is 4.79 Å². The third kappa shape index (κ3) is 3.11. The fourth-order valence-electron chi connectivity index (χ4n) is 2.74. The summed E-state index contributed by atoms with van der Waals surface area (Å²) in [5, 5.41) is 3.58. The first-order valence-electron chi connectivity index (χ1n) is 7.87. The zero-order valence-electron chi connectivity index (χ0n) is 15.0. The lowest BCUT2D eigenvalue weighted by Gasteiger charge is -2.12. The van der Waals surface area contributed by atoms with Gasteiger partial charge in [-0.25, -0.2) is 0 Å². The molecule has 0 aliphatic rings. The molecule has 0 fully saturated rings. The summed E-state index contributed by atoms with van der Waals surface area (Å²) in [4.78, 5) is 15.9. The van der Waals surface area contributed by atoms with Gasteiger partial charge in [-0.05, 0) is 18.2 Å². The summed E-state index contributed by atoms with van der Waals surface area (Å²) in [5.41, 5.74) is 1.77. The van der Waals surface area contributed by atoms with Crippen molar-refractivity contribution in [3.63, 3.8) is 0 Å². The summed E-state index contributed by atoms with van der Waals surface area (Å²) < 4.78 is 21.1. The summed E-state index contributed by atoms with van der Waals surface area (Å²) in [5.74, 6) is 2.01. The van der Waals surface area contributed by atoms with Crippen LogP contribution >= 0.6 is 0 Å². The maximum absolute atomic E-state index is 12.8. The van der Waals surface area contributed by atoms with E-state index in [-0.39, 0.29) is 5.91 Å². The molecule has 1 amide bonds. The van der Waals surface area contributed by atoms with Crippen molar-refractivity contribution >= 4 is 22.5 Å². The first kappa shape index (κ1) is 17.5. The lowest BCUT2D eigenvalue weighted by atomic mass is 10.1. The second-order valence-corrected chi connectivity index (χ2v) is 5.48. The minimum absolute atomic E-state index is 0.282. The van der Waals surface area contributed by atoms with E-state index in [0.717, 1.165) is 10.9 Å². The largest absolute Gasteiger partial charge is 0.497 e. The Morgan fingerprint density at radius 3 is 2.23 bits per heavy atom. The first-order valence-corrected chi connectivity index (χ1v) is 7.87. The van der Waals surface area contributed by atoms with Crippen molar-refractivity contribution in [2.75, 3.05) is 33.8 Å². The molecule has 0 aliphatic heterocycles. The standard InChI is InChI=1S/C19H20N2O5/c1-23-11-5-6-16(24-2)15(7-11)21-19(22)13-10-20-14-9-18(26-4)17(25-3)8-12(13)14/h5-10,20H,1-4H3,(H,21,22). The van der Waals surface area contributed by atoms with Gasteiger partial charge < -0.3 is 29.2 Å². The number of hydrogen-bond donors (Lipinski definition) is 2. The molecule has 0 saturated carbocycles. The van der Waals surface area contributed by atoms with E-state index in [4.69, 9.17) is 18.9 Å². The van der Waals surface area contributed by atoms with Gasteiger partial charge in [0.25, 0.3) is 5.91 Å². The number of ether oxygens (including phenoxy) is 4. The number of anilines is 1. The van der Waals surface area contributed by atoms with Gasteiger partial charge in [-0.1, -0.05) is 0 Å². The van der Waals surface area contributed by atoms with Gasteiger partial charge >= 0.3 is 0 Å². The maximum Gasteiger partial charge on any atom is 0.257 e. The highest BCUT2D eigenvalue weighted by Gasteiger charge is 2.17. The molecule has 0 aliphatic carbocycles. The van der Waals surface area contributed by atoms with Crippen molar-refractivity contribution in [3.8, 4) is 23.0 Å². The van der Waals surface area contributed by atoms with Crippen molar-refractivity contribution in [2.45, 2.75) is 0 Å². The van der Waals surface area contributed by atoms with Crippen molar-refractivity contribution in [1.82, 2.24) is 4.98 Å². The summed E-state index contributed by atoms with van der Waals surface area (Å²) in [6.07, 6.45) is 1.64. The smallest absolute Gasteiger partial charge is 0.257 e. The molecule has 2 N–H and O–H groups in total. The number of fused-ring (bicyclic) bond motifs is 1. The highest BCUT2D eigenvalue weighted by atomic mass is 16.5. The normalized spacial score (nSPS) is 10.5. The molecule has 1 heterocycles. The Hall–Kier alpha value is -3.35. The van der Waals surface area contributed by atoms with Gasteiger partial charge in [-0.2, -0.15) is 0 Å². The van der Waals surface area contributed by atoms with Crippen LogP contribution < -0.4 is 24.3 Å². The zero-order valence-corrected chi connectivity index (χ0v) is 15.0. The topological polar surface area (TPSA) is 81.8 Å². The first-order chi connectivity index (χ1) is 12.6. The van der Waals surface area contributed by atoms with E-state index in [0.29, 0.717) is 34.2 Å². The molecule has 0 saturated heterocycles. The quantitative estimate of drug-likeness (QED) is 0.707. The number of amides is 1. The summed E-state index contributed by atoms with van der Waals surface area (Å²) >= 11 is 0. The predicted octanol–water partition coefficient (Wildman–Crippen LogP) is 3.45. The summed E-state index contributed by atoms with van der Waals surface area (Å²) in [7, 11) is 6.22. The number of methoxy groups -OCH3 is 4. The van der Waals surface area contributed by atoms with Crippen molar-refractivity contribution in [3.05, 3.63) is 42.1 Å². The number of nitrogens with one attached hydrogen (secondary N) is 2.